The van der Waals surface area contributed by atoms with E-state index < -0.39 is 0 Å². The van der Waals surface area contributed by atoms with Crippen LogP contribution >= 0.6 is 0 Å². The highest BCUT2D eigenvalue weighted by atomic mass is 16.5. The molecule has 1 atom stereocenters. The Kier molecular flexibility index (Phi) is 4.60. The first-order chi connectivity index (χ1) is 11.6. The second-order valence-corrected chi connectivity index (χ2v) is 6.01. The molecule has 1 unspecified atom stereocenters. The third kappa shape index (κ3) is 3.15. The fourth-order valence-corrected chi connectivity index (χ4v) is 3.24. The lowest BCUT2D eigenvalue weighted by Crippen LogP contribution is -2.31. The van der Waals surface area contributed by atoms with E-state index in [9.17, 15) is 4.79 Å². The molecule has 1 amide bonds. The minimum atomic E-state index is -0.0381. The molecule has 0 aliphatic carbocycles. The fraction of sp³-hybridized carbons (Fsp3) is 0.316. The number of hydrogen-bond donors (Lipinski definition) is 2. The normalized spacial score (nSPS) is 17.0. The summed E-state index contributed by atoms with van der Waals surface area (Å²) in [6, 6.07) is 13.1. The van der Waals surface area contributed by atoms with Crippen LogP contribution in [0.25, 0.3) is 0 Å². The summed E-state index contributed by atoms with van der Waals surface area (Å²) in [5.41, 5.74) is 14.3. The Balaban J connectivity index is 1.83. The van der Waals surface area contributed by atoms with Crippen LogP contribution in [0.15, 0.2) is 42.5 Å². The van der Waals surface area contributed by atoms with Crippen LogP contribution in [-0.4, -0.2) is 24.0 Å². The van der Waals surface area contributed by atoms with Crippen molar-refractivity contribution < 1.29 is 9.53 Å². The average Bonchev–Trinajstić information content (AvgIpc) is 3.05. The second-order valence-electron chi connectivity index (χ2n) is 6.01. The highest BCUT2D eigenvalue weighted by Crippen LogP contribution is 2.34. The van der Waals surface area contributed by atoms with Crippen LogP contribution in [0.5, 0.6) is 5.75 Å². The van der Waals surface area contributed by atoms with E-state index in [0.29, 0.717) is 23.5 Å². The summed E-state index contributed by atoms with van der Waals surface area (Å²) in [5.74, 6) is 0.809. The van der Waals surface area contributed by atoms with Crippen LogP contribution in [0.2, 0.25) is 0 Å². The molecular formula is C19H23N3O2. The molecule has 0 saturated carbocycles. The van der Waals surface area contributed by atoms with Gasteiger partial charge in [0.15, 0.2) is 0 Å². The standard InChI is InChI=1S/C19H23N3O2/c1-2-24-15-8-5-13(6-9-15)18-4-3-11-22(18)19(23)16-10-7-14(20)12-17(16)21/h5-10,12,18H,2-4,11,20-21H2,1H3. The Morgan fingerprint density at radius 3 is 2.62 bits per heavy atom. The summed E-state index contributed by atoms with van der Waals surface area (Å²) in [5, 5.41) is 0. The van der Waals surface area contributed by atoms with Crippen molar-refractivity contribution in [3.05, 3.63) is 53.6 Å². The highest BCUT2D eigenvalue weighted by Gasteiger charge is 2.31. The summed E-state index contributed by atoms with van der Waals surface area (Å²) >= 11 is 0. The van der Waals surface area contributed by atoms with Crippen LogP contribution in [0.3, 0.4) is 0 Å². The molecule has 4 N–H and O–H groups in total. The maximum absolute atomic E-state index is 12.9. The number of benzene rings is 2. The third-order valence-corrected chi connectivity index (χ3v) is 4.40. The second kappa shape index (κ2) is 6.83. The Bertz CT molecular complexity index is 728. The van der Waals surface area contributed by atoms with Crippen molar-refractivity contribution in [3.63, 3.8) is 0 Å². The van der Waals surface area contributed by atoms with Crippen molar-refractivity contribution in [1.82, 2.24) is 4.90 Å². The van der Waals surface area contributed by atoms with E-state index in [4.69, 9.17) is 16.2 Å². The maximum atomic E-state index is 12.9. The van der Waals surface area contributed by atoms with Crippen LogP contribution in [0.4, 0.5) is 11.4 Å². The van der Waals surface area contributed by atoms with E-state index in [0.717, 1.165) is 30.7 Å². The summed E-state index contributed by atoms with van der Waals surface area (Å²) in [6.07, 6.45) is 1.94. The van der Waals surface area contributed by atoms with Gasteiger partial charge in [0.1, 0.15) is 5.75 Å². The van der Waals surface area contributed by atoms with Gasteiger partial charge in [0.05, 0.1) is 18.2 Å². The number of nitrogens with zero attached hydrogens (tertiary/aromatic N) is 1. The van der Waals surface area contributed by atoms with Gasteiger partial charge in [-0.1, -0.05) is 12.1 Å². The van der Waals surface area contributed by atoms with Gasteiger partial charge >= 0.3 is 0 Å². The molecule has 126 valence electrons. The Labute approximate surface area is 142 Å². The van der Waals surface area contributed by atoms with Crippen molar-refractivity contribution in [2.24, 2.45) is 0 Å². The largest absolute Gasteiger partial charge is 0.494 e. The number of hydrogen-bond acceptors (Lipinski definition) is 4. The van der Waals surface area contributed by atoms with Gasteiger partial charge in [-0.25, -0.2) is 0 Å². The number of nitrogens with two attached hydrogens (primary N) is 2. The van der Waals surface area contributed by atoms with Gasteiger partial charge in [0.2, 0.25) is 0 Å². The molecule has 3 rings (SSSR count). The minimum absolute atomic E-state index is 0.0381. The van der Waals surface area contributed by atoms with E-state index in [2.05, 4.69) is 0 Å². The number of carbonyl (C=O) groups excluding carboxylic acids is 1. The van der Waals surface area contributed by atoms with E-state index in [1.54, 1.807) is 18.2 Å². The highest BCUT2D eigenvalue weighted by molar-refractivity contribution is 6.00. The number of nitrogen functional groups attached to an aromatic ring is 2. The maximum Gasteiger partial charge on any atom is 0.256 e. The molecule has 5 heteroatoms. The van der Waals surface area contributed by atoms with Gasteiger partial charge in [-0.2, -0.15) is 0 Å². The fourth-order valence-electron chi connectivity index (χ4n) is 3.24. The van der Waals surface area contributed by atoms with Crippen molar-refractivity contribution in [2.75, 3.05) is 24.6 Å². The summed E-state index contributed by atoms with van der Waals surface area (Å²) < 4.78 is 5.49. The third-order valence-electron chi connectivity index (χ3n) is 4.40. The molecule has 24 heavy (non-hydrogen) atoms. The van der Waals surface area contributed by atoms with Crippen LogP contribution in [0.1, 0.15) is 41.7 Å². The summed E-state index contributed by atoms with van der Waals surface area (Å²) in [4.78, 5) is 14.8. The summed E-state index contributed by atoms with van der Waals surface area (Å²) in [6.45, 7) is 3.34. The number of carbonyl (C=O) groups is 1. The number of rotatable bonds is 4. The molecule has 0 radical (unpaired) electrons. The predicted octanol–water partition coefficient (Wildman–Crippen LogP) is 3.23. The van der Waals surface area contributed by atoms with Gasteiger partial charge < -0.3 is 21.1 Å². The number of ether oxygens (including phenoxy) is 1. The molecule has 1 fully saturated rings. The van der Waals surface area contributed by atoms with E-state index in [-0.39, 0.29) is 11.9 Å². The molecule has 2 aromatic carbocycles. The first-order valence-electron chi connectivity index (χ1n) is 8.29. The molecule has 1 aliphatic heterocycles. The number of anilines is 2. The number of likely N-dealkylation sites (tertiary alicyclic amines) is 1. The van der Waals surface area contributed by atoms with Crippen molar-refractivity contribution in [1.29, 1.82) is 0 Å². The van der Waals surface area contributed by atoms with Crippen molar-refractivity contribution >= 4 is 17.3 Å². The molecule has 0 bridgehead atoms. The lowest BCUT2D eigenvalue weighted by atomic mass is 10.0. The molecule has 0 spiro atoms. The Morgan fingerprint density at radius 1 is 1.21 bits per heavy atom. The predicted molar refractivity (Wildman–Crippen MR) is 95.9 cm³/mol. The molecule has 1 aliphatic rings. The van der Waals surface area contributed by atoms with Gasteiger partial charge in [-0.3, -0.25) is 4.79 Å². The quantitative estimate of drug-likeness (QED) is 0.846. The van der Waals surface area contributed by atoms with Crippen molar-refractivity contribution in [2.45, 2.75) is 25.8 Å². The van der Waals surface area contributed by atoms with Crippen LogP contribution < -0.4 is 16.2 Å². The SMILES string of the molecule is CCOc1ccc(C2CCCN2C(=O)c2ccc(N)cc2N)cc1. The topological polar surface area (TPSA) is 81.6 Å². The smallest absolute Gasteiger partial charge is 0.256 e. The first kappa shape index (κ1) is 16.2. The van der Waals surface area contributed by atoms with Gasteiger partial charge in [0, 0.05) is 17.9 Å². The lowest BCUT2D eigenvalue weighted by molar-refractivity contribution is 0.0737. The molecule has 1 heterocycles. The number of amides is 1. The molecular weight excluding hydrogens is 302 g/mol. The molecule has 2 aromatic rings. The average molecular weight is 325 g/mol. The Hall–Kier alpha value is -2.69. The zero-order valence-electron chi connectivity index (χ0n) is 13.9. The molecule has 1 saturated heterocycles. The lowest BCUT2D eigenvalue weighted by Gasteiger charge is -2.26. The van der Waals surface area contributed by atoms with E-state index >= 15 is 0 Å². The van der Waals surface area contributed by atoms with Gasteiger partial charge in [0.25, 0.3) is 5.91 Å². The van der Waals surface area contributed by atoms with Gasteiger partial charge in [-0.05, 0) is 55.7 Å². The van der Waals surface area contributed by atoms with Crippen LogP contribution in [0, 0.1) is 0 Å². The minimum Gasteiger partial charge on any atom is -0.494 e. The summed E-state index contributed by atoms with van der Waals surface area (Å²) in [7, 11) is 0. The van der Waals surface area contributed by atoms with Gasteiger partial charge in [-0.15, -0.1) is 0 Å². The first-order valence-corrected chi connectivity index (χ1v) is 8.29. The monoisotopic (exact) mass is 325 g/mol. The molecule has 5 nitrogen and oxygen atoms in total. The van der Waals surface area contributed by atoms with E-state index in [1.165, 1.54) is 0 Å². The zero-order valence-corrected chi connectivity index (χ0v) is 13.9. The van der Waals surface area contributed by atoms with E-state index in [1.807, 2.05) is 36.1 Å². The van der Waals surface area contributed by atoms with Crippen molar-refractivity contribution in [3.8, 4) is 5.75 Å². The van der Waals surface area contributed by atoms with Crippen LogP contribution in [-0.2, 0) is 0 Å². The molecule has 0 aromatic heterocycles. The zero-order chi connectivity index (χ0) is 17.1. The Morgan fingerprint density at radius 2 is 1.96 bits per heavy atom.